The number of hydrogen-bond acceptors (Lipinski definition) is 3. The third kappa shape index (κ3) is 3.58. The van der Waals surface area contributed by atoms with Gasteiger partial charge in [0.05, 0.1) is 4.92 Å². The smallest absolute Gasteiger partial charge is 0.292 e. The van der Waals surface area contributed by atoms with Gasteiger partial charge in [-0.3, -0.25) is 10.1 Å². The Morgan fingerprint density at radius 1 is 1.44 bits per heavy atom. The van der Waals surface area contributed by atoms with Crippen molar-refractivity contribution < 1.29 is 4.92 Å². The van der Waals surface area contributed by atoms with Crippen molar-refractivity contribution in [2.75, 3.05) is 5.32 Å². The summed E-state index contributed by atoms with van der Waals surface area (Å²) in [7, 11) is 0. The molecular formula is C14H20N2O2. The molecule has 1 rings (SSSR count). The van der Waals surface area contributed by atoms with Gasteiger partial charge in [0.1, 0.15) is 5.69 Å². The molecule has 0 aliphatic carbocycles. The summed E-state index contributed by atoms with van der Waals surface area (Å²) in [4.78, 5) is 10.7. The van der Waals surface area contributed by atoms with Gasteiger partial charge in [-0.25, -0.2) is 0 Å². The summed E-state index contributed by atoms with van der Waals surface area (Å²) in [5.41, 5.74) is 2.73. The maximum Gasteiger partial charge on any atom is 0.292 e. The number of nitro groups is 1. The lowest BCUT2D eigenvalue weighted by molar-refractivity contribution is -0.384. The molecule has 1 N–H and O–H groups in total. The van der Waals surface area contributed by atoms with E-state index in [9.17, 15) is 10.1 Å². The maximum atomic E-state index is 11.0. The van der Waals surface area contributed by atoms with Crippen LogP contribution in [0.3, 0.4) is 0 Å². The Balaban J connectivity index is 2.96. The molecule has 0 aliphatic rings. The average Bonchev–Trinajstić information content (AvgIpc) is 2.30. The van der Waals surface area contributed by atoms with Crippen molar-refractivity contribution in [3.05, 3.63) is 46.0 Å². The molecule has 1 atom stereocenters. The summed E-state index contributed by atoms with van der Waals surface area (Å²) in [6, 6.07) is 3.65. The molecule has 0 bridgehead atoms. The number of nitro benzene ring substituents is 1. The van der Waals surface area contributed by atoms with Crippen LogP contribution in [0.25, 0.3) is 0 Å². The third-order valence-corrected chi connectivity index (χ3v) is 3.01. The van der Waals surface area contributed by atoms with Gasteiger partial charge in [-0.15, -0.1) is 6.58 Å². The Morgan fingerprint density at radius 3 is 2.61 bits per heavy atom. The van der Waals surface area contributed by atoms with Crippen LogP contribution in [0.4, 0.5) is 11.4 Å². The van der Waals surface area contributed by atoms with E-state index >= 15 is 0 Å². The molecule has 1 aromatic rings. The Kier molecular flexibility index (Phi) is 4.89. The first kappa shape index (κ1) is 14.2. The highest BCUT2D eigenvalue weighted by atomic mass is 16.6. The van der Waals surface area contributed by atoms with Crippen molar-refractivity contribution in [1.82, 2.24) is 0 Å². The molecule has 1 unspecified atom stereocenters. The number of allylic oxidation sites excluding steroid dienone is 1. The van der Waals surface area contributed by atoms with Gasteiger partial charge in [0.25, 0.3) is 5.69 Å². The normalized spacial score (nSPS) is 11.9. The van der Waals surface area contributed by atoms with Crippen molar-refractivity contribution in [3.8, 4) is 0 Å². The highest BCUT2D eigenvalue weighted by molar-refractivity contribution is 5.64. The maximum absolute atomic E-state index is 11.0. The van der Waals surface area contributed by atoms with Gasteiger partial charge in [0.15, 0.2) is 0 Å². The number of nitrogens with one attached hydrogen (secondary N) is 1. The second kappa shape index (κ2) is 6.19. The fraction of sp³-hybridized carbons (Fsp3) is 0.429. The lowest BCUT2D eigenvalue weighted by atomic mass is 10.1. The predicted octanol–water partition coefficient (Wildman–Crippen LogP) is 3.98. The van der Waals surface area contributed by atoms with Gasteiger partial charge in [-0.2, -0.15) is 0 Å². The van der Waals surface area contributed by atoms with Crippen molar-refractivity contribution in [2.24, 2.45) is 0 Å². The number of anilines is 1. The first-order chi connectivity index (χ1) is 8.45. The van der Waals surface area contributed by atoms with Crippen LogP contribution < -0.4 is 5.32 Å². The molecule has 0 fully saturated rings. The first-order valence-corrected chi connectivity index (χ1v) is 6.08. The van der Waals surface area contributed by atoms with E-state index < -0.39 is 0 Å². The van der Waals surface area contributed by atoms with Crippen molar-refractivity contribution in [3.63, 3.8) is 0 Å². The SMILES string of the molecule is C=CCCC(C)Nc1cc(C)c(C)cc1[N+](=O)[O-]. The molecule has 0 heterocycles. The largest absolute Gasteiger partial charge is 0.377 e. The van der Waals surface area contributed by atoms with E-state index in [1.54, 1.807) is 6.07 Å². The van der Waals surface area contributed by atoms with E-state index in [4.69, 9.17) is 0 Å². The average molecular weight is 248 g/mol. The standard InChI is InChI=1S/C14H20N2O2/c1-5-6-7-12(4)15-13-8-10(2)11(3)9-14(13)16(17)18/h5,8-9,12,15H,1,6-7H2,2-4H3. The lowest BCUT2D eigenvalue weighted by Gasteiger charge is -2.15. The summed E-state index contributed by atoms with van der Waals surface area (Å²) < 4.78 is 0. The Labute approximate surface area is 108 Å². The van der Waals surface area contributed by atoms with Gasteiger partial charge in [0, 0.05) is 12.1 Å². The Hall–Kier alpha value is -1.84. The predicted molar refractivity (Wildman–Crippen MR) is 75.1 cm³/mol. The zero-order valence-corrected chi connectivity index (χ0v) is 11.2. The molecule has 4 heteroatoms. The number of nitrogens with zero attached hydrogens (tertiary/aromatic N) is 1. The van der Waals surface area contributed by atoms with Crippen LogP contribution in [0.5, 0.6) is 0 Å². The van der Waals surface area contributed by atoms with E-state index in [1.165, 1.54) is 0 Å². The van der Waals surface area contributed by atoms with Crippen LogP contribution in [0.15, 0.2) is 24.8 Å². The van der Waals surface area contributed by atoms with Gasteiger partial charge in [-0.05, 0) is 50.8 Å². The summed E-state index contributed by atoms with van der Waals surface area (Å²) in [5.74, 6) is 0. The number of aryl methyl sites for hydroxylation is 2. The van der Waals surface area contributed by atoms with Crippen LogP contribution in [0.1, 0.15) is 30.9 Å². The van der Waals surface area contributed by atoms with E-state index in [0.29, 0.717) is 5.69 Å². The lowest BCUT2D eigenvalue weighted by Crippen LogP contribution is -2.16. The van der Waals surface area contributed by atoms with E-state index in [-0.39, 0.29) is 16.7 Å². The van der Waals surface area contributed by atoms with Crippen LogP contribution in [0.2, 0.25) is 0 Å². The second-order valence-electron chi connectivity index (χ2n) is 4.62. The van der Waals surface area contributed by atoms with Crippen LogP contribution >= 0.6 is 0 Å². The fourth-order valence-electron chi connectivity index (χ4n) is 1.77. The zero-order chi connectivity index (χ0) is 13.7. The number of benzene rings is 1. The third-order valence-electron chi connectivity index (χ3n) is 3.01. The molecule has 0 saturated carbocycles. The topological polar surface area (TPSA) is 55.2 Å². The number of rotatable bonds is 6. The van der Waals surface area contributed by atoms with Gasteiger partial charge in [-0.1, -0.05) is 6.08 Å². The molecule has 0 amide bonds. The molecule has 98 valence electrons. The van der Waals surface area contributed by atoms with Crippen molar-refractivity contribution in [1.29, 1.82) is 0 Å². The van der Waals surface area contributed by atoms with E-state index in [2.05, 4.69) is 11.9 Å². The quantitative estimate of drug-likeness (QED) is 0.470. The van der Waals surface area contributed by atoms with Gasteiger partial charge < -0.3 is 5.32 Å². The summed E-state index contributed by atoms with van der Waals surface area (Å²) >= 11 is 0. The van der Waals surface area contributed by atoms with E-state index in [1.807, 2.05) is 32.9 Å². The minimum Gasteiger partial charge on any atom is -0.377 e. The Bertz CT molecular complexity index is 455. The molecule has 0 aromatic heterocycles. The molecule has 0 radical (unpaired) electrons. The number of hydrogen-bond donors (Lipinski definition) is 1. The minimum absolute atomic E-state index is 0.142. The molecular weight excluding hydrogens is 228 g/mol. The molecule has 0 spiro atoms. The second-order valence-corrected chi connectivity index (χ2v) is 4.62. The van der Waals surface area contributed by atoms with Crippen LogP contribution in [-0.2, 0) is 0 Å². The summed E-state index contributed by atoms with van der Waals surface area (Å²) in [5, 5.41) is 14.2. The summed E-state index contributed by atoms with van der Waals surface area (Å²) in [6.45, 7) is 9.53. The van der Waals surface area contributed by atoms with Gasteiger partial charge in [0.2, 0.25) is 0 Å². The van der Waals surface area contributed by atoms with Crippen LogP contribution in [0, 0.1) is 24.0 Å². The van der Waals surface area contributed by atoms with Crippen molar-refractivity contribution in [2.45, 2.75) is 39.7 Å². The zero-order valence-electron chi connectivity index (χ0n) is 11.2. The molecule has 4 nitrogen and oxygen atoms in total. The monoisotopic (exact) mass is 248 g/mol. The highest BCUT2D eigenvalue weighted by Gasteiger charge is 2.16. The highest BCUT2D eigenvalue weighted by Crippen LogP contribution is 2.28. The summed E-state index contributed by atoms with van der Waals surface area (Å²) in [6.07, 6.45) is 3.66. The van der Waals surface area contributed by atoms with E-state index in [0.717, 1.165) is 24.0 Å². The first-order valence-electron chi connectivity index (χ1n) is 6.08. The molecule has 1 aromatic carbocycles. The fourth-order valence-corrected chi connectivity index (χ4v) is 1.77. The van der Waals surface area contributed by atoms with Crippen molar-refractivity contribution >= 4 is 11.4 Å². The Morgan fingerprint density at radius 2 is 2.06 bits per heavy atom. The van der Waals surface area contributed by atoms with Crippen LogP contribution in [-0.4, -0.2) is 11.0 Å². The molecule has 0 aliphatic heterocycles. The molecule has 18 heavy (non-hydrogen) atoms. The minimum atomic E-state index is -0.338. The van der Waals surface area contributed by atoms with Gasteiger partial charge >= 0.3 is 0 Å². The molecule has 0 saturated heterocycles.